The second-order valence-corrected chi connectivity index (χ2v) is 8.76. The van der Waals surface area contributed by atoms with Gasteiger partial charge in [0.25, 0.3) is 5.56 Å². The topological polar surface area (TPSA) is 154 Å². The summed E-state index contributed by atoms with van der Waals surface area (Å²) in [5.74, 6) is 0.739. The minimum Gasteiger partial charge on any atom is -0.484 e. The van der Waals surface area contributed by atoms with Crippen LogP contribution >= 0.6 is 0 Å². The predicted molar refractivity (Wildman–Crippen MR) is 122 cm³/mol. The number of aromatic nitrogens is 6. The van der Waals surface area contributed by atoms with E-state index in [1.165, 1.54) is 12.1 Å². The summed E-state index contributed by atoms with van der Waals surface area (Å²) in [5, 5.41) is 29.6. The highest BCUT2D eigenvalue weighted by Crippen LogP contribution is 2.48. The highest BCUT2D eigenvalue weighted by atomic mass is 16.6. The van der Waals surface area contributed by atoms with Crippen LogP contribution in [0.3, 0.4) is 0 Å². The standard InChI is InChI=1S/C23H26N6O6/c1-5-33-19(31)7-6-12-29-21(26-27-28-29)14-8-9-16-15(13-14)20(23(4,32)22(2,3)35-16)34-18-11-10-17(30)24-25-18/h5,8-11,13,20,32H,1,6-7,12H2,2-4H3,(H,24,30)/t20-,23+/m1/s1. The van der Waals surface area contributed by atoms with Crippen molar-refractivity contribution in [2.45, 2.75) is 57.5 Å². The minimum atomic E-state index is -1.48. The number of benzene rings is 1. The van der Waals surface area contributed by atoms with E-state index in [2.05, 4.69) is 32.3 Å². The van der Waals surface area contributed by atoms with E-state index in [4.69, 9.17) is 14.2 Å². The fourth-order valence-electron chi connectivity index (χ4n) is 3.77. The van der Waals surface area contributed by atoms with Crippen LogP contribution in [0, 0.1) is 0 Å². The van der Waals surface area contributed by atoms with Gasteiger partial charge in [0.05, 0.1) is 6.26 Å². The molecular formula is C23H26N6O6. The molecule has 4 rings (SSSR count). The van der Waals surface area contributed by atoms with Crippen molar-refractivity contribution in [3.8, 4) is 23.0 Å². The molecule has 0 fully saturated rings. The monoisotopic (exact) mass is 482 g/mol. The fraction of sp³-hybridized carbons (Fsp3) is 0.391. The molecule has 2 atom stereocenters. The number of rotatable bonds is 8. The summed E-state index contributed by atoms with van der Waals surface area (Å²) in [5.41, 5.74) is -1.64. The Hall–Kier alpha value is -4.06. The molecule has 1 aromatic carbocycles. The van der Waals surface area contributed by atoms with Crippen molar-refractivity contribution < 1.29 is 24.1 Å². The van der Waals surface area contributed by atoms with Crippen molar-refractivity contribution in [1.29, 1.82) is 0 Å². The van der Waals surface area contributed by atoms with Crippen molar-refractivity contribution in [3.05, 3.63) is 59.1 Å². The molecule has 1 aliphatic rings. The zero-order valence-electron chi connectivity index (χ0n) is 19.6. The Kier molecular flexibility index (Phi) is 6.39. The third-order valence-corrected chi connectivity index (χ3v) is 6.03. The smallest absolute Gasteiger partial charge is 0.310 e. The van der Waals surface area contributed by atoms with E-state index < -0.39 is 17.3 Å². The largest absolute Gasteiger partial charge is 0.484 e. The number of carbonyl (C=O) groups is 1. The summed E-state index contributed by atoms with van der Waals surface area (Å²) in [7, 11) is 0. The zero-order valence-corrected chi connectivity index (χ0v) is 19.6. The minimum absolute atomic E-state index is 0.139. The van der Waals surface area contributed by atoms with Crippen LogP contribution in [0.25, 0.3) is 11.4 Å². The number of fused-ring (bicyclic) bond motifs is 1. The van der Waals surface area contributed by atoms with Gasteiger partial charge in [0.15, 0.2) is 11.9 Å². The Morgan fingerprint density at radius 1 is 1.31 bits per heavy atom. The Morgan fingerprint density at radius 3 is 2.83 bits per heavy atom. The Bertz CT molecular complexity index is 1280. The maximum Gasteiger partial charge on any atom is 0.310 e. The van der Waals surface area contributed by atoms with Crippen molar-refractivity contribution >= 4 is 5.97 Å². The Balaban J connectivity index is 1.67. The van der Waals surface area contributed by atoms with Crippen molar-refractivity contribution in [1.82, 2.24) is 30.4 Å². The van der Waals surface area contributed by atoms with E-state index in [1.54, 1.807) is 43.7 Å². The molecule has 3 aromatic rings. The molecule has 0 bridgehead atoms. The lowest BCUT2D eigenvalue weighted by molar-refractivity contribution is -0.175. The summed E-state index contributed by atoms with van der Waals surface area (Å²) in [6.45, 7) is 8.89. The summed E-state index contributed by atoms with van der Waals surface area (Å²) in [6, 6.07) is 8.07. The highest BCUT2D eigenvalue weighted by molar-refractivity contribution is 5.69. The second-order valence-electron chi connectivity index (χ2n) is 8.76. The van der Waals surface area contributed by atoms with Gasteiger partial charge in [0, 0.05) is 36.2 Å². The van der Waals surface area contributed by atoms with Crippen LogP contribution in [0.2, 0.25) is 0 Å². The van der Waals surface area contributed by atoms with Gasteiger partial charge in [-0.15, -0.1) is 10.2 Å². The lowest BCUT2D eigenvalue weighted by Crippen LogP contribution is -2.59. The normalized spacial score (nSPS) is 20.4. The number of carbonyl (C=O) groups excluding carboxylic acids is 1. The van der Waals surface area contributed by atoms with Crippen LogP contribution < -0.4 is 15.0 Å². The average molecular weight is 482 g/mol. The molecular weight excluding hydrogens is 456 g/mol. The van der Waals surface area contributed by atoms with Gasteiger partial charge in [-0.25, -0.2) is 9.78 Å². The molecule has 0 amide bonds. The third kappa shape index (κ3) is 4.78. The molecule has 12 heteroatoms. The van der Waals surface area contributed by atoms with Crippen molar-refractivity contribution in [3.63, 3.8) is 0 Å². The third-order valence-electron chi connectivity index (χ3n) is 6.03. The van der Waals surface area contributed by atoms with E-state index in [0.29, 0.717) is 35.7 Å². The Morgan fingerprint density at radius 2 is 2.11 bits per heavy atom. The number of aliphatic hydroxyl groups is 1. The molecule has 35 heavy (non-hydrogen) atoms. The molecule has 1 aliphatic heterocycles. The summed E-state index contributed by atoms with van der Waals surface area (Å²) in [4.78, 5) is 23.0. The van der Waals surface area contributed by atoms with E-state index in [1.807, 2.05) is 0 Å². The number of ether oxygens (including phenoxy) is 3. The summed E-state index contributed by atoms with van der Waals surface area (Å²) >= 11 is 0. The van der Waals surface area contributed by atoms with Crippen LogP contribution in [0.4, 0.5) is 0 Å². The second kappa shape index (κ2) is 9.29. The van der Waals surface area contributed by atoms with Gasteiger partial charge in [0.2, 0.25) is 5.88 Å². The molecule has 0 saturated carbocycles. The first kappa shape index (κ1) is 24.1. The molecule has 2 aromatic heterocycles. The number of nitrogens with one attached hydrogen (secondary N) is 1. The number of aromatic amines is 1. The fourth-order valence-corrected chi connectivity index (χ4v) is 3.77. The number of aryl methyl sites for hydroxylation is 1. The van der Waals surface area contributed by atoms with Gasteiger partial charge in [-0.05, 0) is 55.8 Å². The van der Waals surface area contributed by atoms with E-state index in [9.17, 15) is 14.7 Å². The number of hydrogen-bond donors (Lipinski definition) is 2. The number of hydrogen-bond acceptors (Lipinski definition) is 10. The SMILES string of the molecule is C=COC(=O)CCCn1nnnc1-c1ccc2c(c1)[C@@H](Oc1ccc(=O)[nH]n1)[C@](C)(O)C(C)(C)O2. The molecule has 184 valence electrons. The van der Waals surface area contributed by atoms with Gasteiger partial charge in [-0.2, -0.15) is 0 Å². The summed E-state index contributed by atoms with van der Waals surface area (Å²) < 4.78 is 18.5. The maximum absolute atomic E-state index is 11.6. The number of H-pyrrole nitrogens is 1. The lowest BCUT2D eigenvalue weighted by Gasteiger charge is -2.48. The van der Waals surface area contributed by atoms with E-state index in [0.717, 1.165) is 6.26 Å². The summed E-state index contributed by atoms with van der Waals surface area (Å²) in [6.07, 6.45) is 0.851. The molecule has 0 saturated heterocycles. The van der Waals surface area contributed by atoms with Gasteiger partial charge in [-0.1, -0.05) is 6.58 Å². The molecule has 2 N–H and O–H groups in total. The maximum atomic E-state index is 11.6. The lowest BCUT2D eigenvalue weighted by atomic mass is 9.76. The number of esters is 1. The predicted octanol–water partition coefficient (Wildman–Crippen LogP) is 1.93. The number of tetrazole rings is 1. The Labute approximate surface area is 200 Å². The molecule has 3 heterocycles. The highest BCUT2D eigenvalue weighted by Gasteiger charge is 2.54. The van der Waals surface area contributed by atoms with Gasteiger partial charge >= 0.3 is 5.97 Å². The number of nitrogens with zero attached hydrogens (tertiary/aromatic N) is 5. The van der Waals surface area contributed by atoms with Crippen molar-refractivity contribution in [2.24, 2.45) is 0 Å². The first-order chi connectivity index (χ1) is 16.6. The molecule has 0 spiro atoms. The van der Waals surface area contributed by atoms with Crippen LogP contribution in [-0.2, 0) is 16.1 Å². The first-order valence-electron chi connectivity index (χ1n) is 11.0. The van der Waals surface area contributed by atoms with Crippen molar-refractivity contribution in [2.75, 3.05) is 0 Å². The average Bonchev–Trinajstić information content (AvgIpc) is 3.27. The molecule has 0 radical (unpaired) electrons. The van der Waals surface area contributed by atoms with Crippen LogP contribution in [0.5, 0.6) is 11.6 Å². The van der Waals surface area contributed by atoms with Crippen LogP contribution in [-0.4, -0.2) is 52.7 Å². The quantitative estimate of drug-likeness (QED) is 0.359. The van der Waals surface area contributed by atoms with E-state index in [-0.39, 0.29) is 23.8 Å². The molecule has 12 nitrogen and oxygen atoms in total. The molecule has 0 unspecified atom stereocenters. The zero-order chi connectivity index (χ0) is 25.2. The first-order valence-corrected chi connectivity index (χ1v) is 11.0. The molecule has 0 aliphatic carbocycles. The van der Waals surface area contributed by atoms with Gasteiger partial charge < -0.3 is 19.3 Å². The van der Waals surface area contributed by atoms with Crippen LogP contribution in [0.1, 0.15) is 45.3 Å². The van der Waals surface area contributed by atoms with Gasteiger partial charge in [-0.3, -0.25) is 9.59 Å². The van der Waals surface area contributed by atoms with E-state index >= 15 is 0 Å². The van der Waals surface area contributed by atoms with Gasteiger partial charge in [0.1, 0.15) is 17.0 Å². The van der Waals surface area contributed by atoms with Crippen LogP contribution in [0.15, 0.2) is 48.0 Å².